The van der Waals surface area contributed by atoms with E-state index in [1.807, 2.05) is 0 Å². The summed E-state index contributed by atoms with van der Waals surface area (Å²) in [4.78, 5) is -0.429. The molecule has 20 heavy (non-hydrogen) atoms. The highest BCUT2D eigenvalue weighted by Gasteiger charge is 2.24. The molecule has 1 saturated heterocycles. The van der Waals surface area contributed by atoms with E-state index in [-0.39, 0.29) is 5.56 Å². The van der Waals surface area contributed by atoms with Crippen molar-refractivity contribution in [2.75, 3.05) is 18.1 Å². The van der Waals surface area contributed by atoms with Crippen LogP contribution in [-0.2, 0) is 16.6 Å². The molecule has 112 valence electrons. The van der Waals surface area contributed by atoms with E-state index in [1.54, 1.807) is 11.8 Å². The van der Waals surface area contributed by atoms with Crippen molar-refractivity contribution in [3.05, 3.63) is 28.0 Å². The van der Waals surface area contributed by atoms with Crippen molar-refractivity contribution in [3.8, 4) is 0 Å². The summed E-state index contributed by atoms with van der Waals surface area (Å²) in [5.41, 5.74) is -0.0452. The Morgan fingerprint density at radius 1 is 1.50 bits per heavy atom. The summed E-state index contributed by atoms with van der Waals surface area (Å²) in [5.74, 6) is 1.35. The molecule has 0 saturated carbocycles. The summed E-state index contributed by atoms with van der Waals surface area (Å²) in [7, 11) is -3.91. The molecule has 2 rings (SSSR count). The van der Waals surface area contributed by atoms with Crippen LogP contribution in [-0.4, -0.2) is 31.6 Å². The maximum Gasteiger partial charge on any atom is 0.243 e. The van der Waals surface area contributed by atoms with Crippen LogP contribution in [0.25, 0.3) is 0 Å². The second-order valence-electron chi connectivity index (χ2n) is 4.62. The lowest BCUT2D eigenvalue weighted by Gasteiger charge is -2.13. The lowest BCUT2D eigenvalue weighted by molar-refractivity contribution is 0.274. The number of sulfonamides is 1. The smallest absolute Gasteiger partial charge is 0.243 e. The van der Waals surface area contributed by atoms with Gasteiger partial charge in [0, 0.05) is 16.6 Å². The van der Waals surface area contributed by atoms with Crippen molar-refractivity contribution >= 4 is 37.7 Å². The van der Waals surface area contributed by atoms with Gasteiger partial charge in [0.05, 0.1) is 6.61 Å². The van der Waals surface area contributed by atoms with Crippen molar-refractivity contribution in [1.82, 2.24) is 4.72 Å². The zero-order valence-electron chi connectivity index (χ0n) is 10.6. The van der Waals surface area contributed by atoms with Crippen LogP contribution in [0.1, 0.15) is 12.0 Å². The Balaban J connectivity index is 2.22. The SMILES string of the molecule is O=S(=O)(NCC1CCSC1)c1cc(Br)cc(CO)c1F. The highest BCUT2D eigenvalue weighted by atomic mass is 79.9. The number of thioether (sulfide) groups is 1. The summed E-state index contributed by atoms with van der Waals surface area (Å²) >= 11 is 4.92. The van der Waals surface area contributed by atoms with Crippen LogP contribution in [0.5, 0.6) is 0 Å². The average Bonchev–Trinajstić information content (AvgIpc) is 2.92. The number of hydrogen-bond donors (Lipinski definition) is 2. The van der Waals surface area contributed by atoms with Gasteiger partial charge >= 0.3 is 0 Å². The van der Waals surface area contributed by atoms with Crippen molar-refractivity contribution in [2.45, 2.75) is 17.9 Å². The molecular weight excluding hydrogens is 369 g/mol. The summed E-state index contributed by atoms with van der Waals surface area (Å²) in [6, 6.07) is 2.57. The maximum absolute atomic E-state index is 14.0. The second-order valence-corrected chi connectivity index (χ2v) is 8.42. The first-order valence-corrected chi connectivity index (χ1v) is 9.53. The van der Waals surface area contributed by atoms with Crippen LogP contribution >= 0.6 is 27.7 Å². The number of aliphatic hydroxyl groups excluding tert-OH is 1. The molecule has 1 fully saturated rings. The number of rotatable bonds is 5. The van der Waals surface area contributed by atoms with Crippen LogP contribution in [0, 0.1) is 11.7 Å². The van der Waals surface area contributed by atoms with Gasteiger partial charge in [-0.15, -0.1) is 0 Å². The standard InChI is InChI=1S/C12H15BrFNO3S2/c13-10-3-9(6-16)12(14)11(4-10)20(17,18)15-5-8-1-2-19-7-8/h3-4,8,15-16H,1-2,5-7H2. The van der Waals surface area contributed by atoms with E-state index in [4.69, 9.17) is 5.11 Å². The Morgan fingerprint density at radius 3 is 2.85 bits per heavy atom. The normalized spacial score (nSPS) is 19.4. The molecule has 1 heterocycles. The zero-order valence-corrected chi connectivity index (χ0v) is 13.8. The van der Waals surface area contributed by atoms with Gasteiger partial charge in [-0.25, -0.2) is 17.5 Å². The van der Waals surface area contributed by atoms with Gasteiger partial charge in [-0.2, -0.15) is 11.8 Å². The van der Waals surface area contributed by atoms with Crippen molar-refractivity contribution < 1.29 is 17.9 Å². The Hall–Kier alpha value is -0.150. The van der Waals surface area contributed by atoms with E-state index >= 15 is 0 Å². The molecule has 8 heteroatoms. The van der Waals surface area contributed by atoms with E-state index in [2.05, 4.69) is 20.7 Å². The fourth-order valence-corrected chi connectivity index (χ4v) is 5.18. The van der Waals surface area contributed by atoms with Gasteiger partial charge in [0.2, 0.25) is 10.0 Å². The quantitative estimate of drug-likeness (QED) is 0.816. The molecule has 1 aromatic carbocycles. The molecule has 0 aromatic heterocycles. The third-order valence-electron chi connectivity index (χ3n) is 3.13. The van der Waals surface area contributed by atoms with Gasteiger partial charge in [0.15, 0.2) is 0 Å². The number of hydrogen-bond acceptors (Lipinski definition) is 4. The van der Waals surface area contributed by atoms with Gasteiger partial charge in [0.1, 0.15) is 10.7 Å². The fraction of sp³-hybridized carbons (Fsp3) is 0.500. The predicted octanol–water partition coefficient (Wildman–Crippen LogP) is 2.11. The van der Waals surface area contributed by atoms with E-state index in [1.165, 1.54) is 12.1 Å². The highest BCUT2D eigenvalue weighted by Crippen LogP contribution is 2.26. The van der Waals surface area contributed by atoms with E-state index in [0.29, 0.717) is 16.9 Å². The Morgan fingerprint density at radius 2 is 2.25 bits per heavy atom. The molecule has 0 amide bonds. The minimum Gasteiger partial charge on any atom is -0.392 e. The van der Waals surface area contributed by atoms with Gasteiger partial charge in [-0.1, -0.05) is 15.9 Å². The number of halogens is 2. The summed E-state index contributed by atoms with van der Waals surface area (Å²) in [6.45, 7) is -0.233. The number of nitrogens with one attached hydrogen (secondary N) is 1. The minimum atomic E-state index is -3.91. The Labute approximate surface area is 130 Å². The number of aliphatic hydroxyl groups is 1. The molecule has 1 aliphatic heterocycles. The van der Waals surface area contributed by atoms with Gasteiger partial charge in [-0.3, -0.25) is 0 Å². The first-order chi connectivity index (χ1) is 9.44. The fourth-order valence-electron chi connectivity index (χ4n) is 1.98. The molecule has 0 spiro atoms. The molecule has 4 nitrogen and oxygen atoms in total. The molecular formula is C12H15BrFNO3S2. The van der Waals surface area contributed by atoms with Crippen LogP contribution in [0.3, 0.4) is 0 Å². The first kappa shape index (κ1) is 16.2. The molecule has 0 radical (unpaired) electrons. The van der Waals surface area contributed by atoms with Gasteiger partial charge < -0.3 is 5.11 Å². The topological polar surface area (TPSA) is 66.4 Å². The van der Waals surface area contributed by atoms with Crippen molar-refractivity contribution in [2.24, 2.45) is 5.92 Å². The molecule has 1 aliphatic rings. The average molecular weight is 384 g/mol. The van der Waals surface area contributed by atoms with Crippen LogP contribution in [0.2, 0.25) is 0 Å². The van der Waals surface area contributed by atoms with Crippen LogP contribution in [0.4, 0.5) is 4.39 Å². The predicted molar refractivity (Wildman–Crippen MR) is 80.6 cm³/mol. The second kappa shape index (κ2) is 6.74. The van der Waals surface area contributed by atoms with Crippen LogP contribution in [0.15, 0.2) is 21.5 Å². The Kier molecular flexibility index (Phi) is 5.47. The zero-order chi connectivity index (χ0) is 14.8. The van der Waals surface area contributed by atoms with Gasteiger partial charge in [0.25, 0.3) is 0 Å². The lowest BCUT2D eigenvalue weighted by atomic mass is 10.1. The van der Waals surface area contributed by atoms with Crippen LogP contribution < -0.4 is 4.72 Å². The van der Waals surface area contributed by atoms with Crippen molar-refractivity contribution in [3.63, 3.8) is 0 Å². The largest absolute Gasteiger partial charge is 0.392 e. The lowest BCUT2D eigenvalue weighted by Crippen LogP contribution is -2.30. The summed E-state index contributed by atoms with van der Waals surface area (Å²) < 4.78 is 41.3. The van der Waals surface area contributed by atoms with E-state index < -0.39 is 27.3 Å². The molecule has 0 bridgehead atoms. The maximum atomic E-state index is 14.0. The van der Waals surface area contributed by atoms with Crippen molar-refractivity contribution in [1.29, 1.82) is 0 Å². The monoisotopic (exact) mass is 383 g/mol. The molecule has 1 unspecified atom stereocenters. The van der Waals surface area contributed by atoms with Gasteiger partial charge in [-0.05, 0) is 36.0 Å². The van der Waals surface area contributed by atoms with E-state index in [9.17, 15) is 12.8 Å². The highest BCUT2D eigenvalue weighted by molar-refractivity contribution is 9.10. The molecule has 1 atom stereocenters. The first-order valence-electron chi connectivity index (χ1n) is 6.10. The summed E-state index contributed by atoms with van der Waals surface area (Å²) in [5, 5.41) is 9.06. The molecule has 1 aromatic rings. The summed E-state index contributed by atoms with van der Waals surface area (Å²) in [6.07, 6.45) is 0.968. The molecule has 2 N–H and O–H groups in total. The molecule has 0 aliphatic carbocycles. The third-order valence-corrected chi connectivity index (χ3v) is 6.24. The Bertz CT molecular complexity index is 589. The number of benzene rings is 1. The van der Waals surface area contributed by atoms with E-state index in [0.717, 1.165) is 17.9 Å². The minimum absolute atomic E-state index is 0.0452. The third kappa shape index (κ3) is 3.73.